The topological polar surface area (TPSA) is 56.0 Å². The third-order valence-electron chi connectivity index (χ3n) is 1.54. The Morgan fingerprint density at radius 3 is 3.00 bits per heavy atom. The summed E-state index contributed by atoms with van der Waals surface area (Å²) in [6.45, 7) is 0. The fourth-order valence-electron chi connectivity index (χ4n) is 0.977. The molecule has 0 amide bonds. The molecule has 0 radical (unpaired) electrons. The Morgan fingerprint density at radius 1 is 1.54 bits per heavy atom. The summed E-state index contributed by atoms with van der Waals surface area (Å²) in [6.07, 6.45) is 1.23. The predicted molar refractivity (Wildman–Crippen MR) is 51.3 cm³/mol. The zero-order valence-corrected chi connectivity index (χ0v) is 7.80. The molecule has 2 rings (SSSR count). The van der Waals surface area contributed by atoms with Crippen LogP contribution in [0.2, 0.25) is 4.34 Å². The average molecular weight is 215 g/mol. The SMILES string of the molecule is O=[N+]([O-])c1cnc2cc(Cl)sc2c1. The van der Waals surface area contributed by atoms with Crippen LogP contribution < -0.4 is 0 Å². The Balaban J connectivity index is 2.67. The number of hydrogen-bond donors (Lipinski definition) is 0. The number of nitrogens with zero attached hydrogens (tertiary/aromatic N) is 2. The number of fused-ring (bicyclic) bond motifs is 1. The number of pyridine rings is 1. The smallest absolute Gasteiger partial charge is 0.258 e. The zero-order chi connectivity index (χ0) is 9.42. The molecule has 0 spiro atoms. The van der Waals surface area contributed by atoms with Crippen molar-refractivity contribution in [1.29, 1.82) is 0 Å². The Hall–Kier alpha value is -1.20. The second-order valence-corrected chi connectivity index (χ2v) is 4.10. The third kappa shape index (κ3) is 1.48. The van der Waals surface area contributed by atoms with Crippen LogP contribution in [0.5, 0.6) is 0 Å². The first-order valence-electron chi connectivity index (χ1n) is 3.36. The Kier molecular flexibility index (Phi) is 1.90. The van der Waals surface area contributed by atoms with Crippen LogP contribution in [0.4, 0.5) is 5.69 Å². The highest BCUT2D eigenvalue weighted by Gasteiger charge is 2.08. The van der Waals surface area contributed by atoms with Crippen LogP contribution in [0.1, 0.15) is 0 Å². The van der Waals surface area contributed by atoms with Crippen molar-refractivity contribution in [2.24, 2.45) is 0 Å². The van der Waals surface area contributed by atoms with Crippen molar-refractivity contribution >= 4 is 38.8 Å². The molecule has 4 nitrogen and oxygen atoms in total. The van der Waals surface area contributed by atoms with Crippen LogP contribution in [0.3, 0.4) is 0 Å². The first kappa shape index (κ1) is 8.40. The minimum absolute atomic E-state index is 0.00832. The van der Waals surface area contributed by atoms with Crippen molar-refractivity contribution in [1.82, 2.24) is 4.98 Å². The van der Waals surface area contributed by atoms with Gasteiger partial charge in [-0.2, -0.15) is 0 Å². The maximum atomic E-state index is 10.4. The molecule has 0 saturated heterocycles. The monoisotopic (exact) mass is 214 g/mol. The summed E-state index contributed by atoms with van der Waals surface area (Å²) < 4.78 is 1.32. The molecule has 0 aliphatic rings. The average Bonchev–Trinajstić information content (AvgIpc) is 2.42. The van der Waals surface area contributed by atoms with Crippen LogP contribution in [0.25, 0.3) is 10.2 Å². The van der Waals surface area contributed by atoms with Gasteiger partial charge in [-0.15, -0.1) is 11.3 Å². The molecular formula is C7H3ClN2O2S. The molecule has 0 fully saturated rings. The lowest BCUT2D eigenvalue weighted by Crippen LogP contribution is -1.87. The number of rotatable bonds is 1. The first-order chi connectivity index (χ1) is 6.16. The molecule has 13 heavy (non-hydrogen) atoms. The van der Waals surface area contributed by atoms with Gasteiger partial charge < -0.3 is 0 Å². The lowest BCUT2D eigenvalue weighted by atomic mass is 10.4. The van der Waals surface area contributed by atoms with E-state index in [1.54, 1.807) is 6.07 Å². The second kappa shape index (κ2) is 2.93. The van der Waals surface area contributed by atoms with Gasteiger partial charge in [-0.1, -0.05) is 11.6 Å². The molecule has 0 aliphatic carbocycles. The Morgan fingerprint density at radius 2 is 2.31 bits per heavy atom. The van der Waals surface area contributed by atoms with Gasteiger partial charge in [0.15, 0.2) is 0 Å². The van der Waals surface area contributed by atoms with Crippen molar-refractivity contribution in [3.8, 4) is 0 Å². The standard InChI is InChI=1S/C7H3ClN2O2S/c8-7-2-5-6(13-7)1-4(3-9-5)10(11)12/h1-3H. The number of nitro groups is 1. The van der Waals surface area contributed by atoms with Crippen molar-refractivity contribution in [3.63, 3.8) is 0 Å². The van der Waals surface area contributed by atoms with Crippen LogP contribution in [0.15, 0.2) is 18.3 Å². The number of hydrogen-bond acceptors (Lipinski definition) is 4. The molecule has 2 aromatic heterocycles. The van der Waals surface area contributed by atoms with Gasteiger partial charge in [0.25, 0.3) is 5.69 Å². The maximum absolute atomic E-state index is 10.4. The van der Waals surface area contributed by atoms with Crippen molar-refractivity contribution < 1.29 is 4.92 Å². The van der Waals surface area contributed by atoms with Gasteiger partial charge in [0.05, 0.1) is 19.5 Å². The van der Waals surface area contributed by atoms with E-state index in [9.17, 15) is 10.1 Å². The molecule has 0 atom stereocenters. The van der Waals surface area contributed by atoms with E-state index in [-0.39, 0.29) is 5.69 Å². The normalized spacial score (nSPS) is 10.5. The lowest BCUT2D eigenvalue weighted by molar-refractivity contribution is -0.385. The van der Waals surface area contributed by atoms with E-state index in [0.29, 0.717) is 9.85 Å². The fourth-order valence-corrected chi connectivity index (χ4v) is 2.11. The highest BCUT2D eigenvalue weighted by atomic mass is 35.5. The molecule has 0 saturated carbocycles. The van der Waals surface area contributed by atoms with E-state index in [2.05, 4.69) is 4.98 Å². The van der Waals surface area contributed by atoms with Gasteiger partial charge in [0.1, 0.15) is 6.20 Å². The molecule has 2 aromatic rings. The third-order valence-corrected chi connectivity index (χ3v) is 2.74. The van der Waals surface area contributed by atoms with Gasteiger partial charge in [0.2, 0.25) is 0 Å². The molecule has 0 bridgehead atoms. The highest BCUT2D eigenvalue weighted by Crippen LogP contribution is 2.29. The summed E-state index contributed by atoms with van der Waals surface area (Å²) in [5.41, 5.74) is 0.687. The van der Waals surface area contributed by atoms with Gasteiger partial charge in [-0.3, -0.25) is 10.1 Å². The lowest BCUT2D eigenvalue weighted by Gasteiger charge is -1.89. The van der Waals surface area contributed by atoms with Crippen molar-refractivity contribution in [2.45, 2.75) is 0 Å². The maximum Gasteiger partial charge on any atom is 0.289 e. The summed E-state index contributed by atoms with van der Waals surface area (Å²) in [6, 6.07) is 3.16. The summed E-state index contributed by atoms with van der Waals surface area (Å²) in [5.74, 6) is 0. The number of thiophene rings is 1. The second-order valence-electron chi connectivity index (χ2n) is 2.38. The quantitative estimate of drug-likeness (QED) is 0.542. The number of halogens is 1. The van der Waals surface area contributed by atoms with E-state index < -0.39 is 4.92 Å². The highest BCUT2D eigenvalue weighted by molar-refractivity contribution is 7.22. The van der Waals surface area contributed by atoms with Gasteiger partial charge >= 0.3 is 0 Å². The Labute approximate surface area is 81.9 Å². The molecule has 2 heterocycles. The predicted octanol–water partition coefficient (Wildman–Crippen LogP) is 2.86. The summed E-state index contributed by atoms with van der Waals surface area (Å²) in [4.78, 5) is 13.8. The van der Waals surface area contributed by atoms with Crippen LogP contribution >= 0.6 is 22.9 Å². The van der Waals surface area contributed by atoms with E-state index in [4.69, 9.17) is 11.6 Å². The number of aromatic nitrogens is 1. The molecule has 6 heteroatoms. The molecule has 0 unspecified atom stereocenters. The van der Waals surface area contributed by atoms with Crippen LogP contribution in [-0.4, -0.2) is 9.91 Å². The van der Waals surface area contributed by atoms with Crippen molar-refractivity contribution in [3.05, 3.63) is 32.8 Å². The largest absolute Gasteiger partial charge is 0.289 e. The van der Waals surface area contributed by atoms with Crippen LogP contribution in [0, 0.1) is 10.1 Å². The molecule has 0 aromatic carbocycles. The zero-order valence-electron chi connectivity index (χ0n) is 6.23. The first-order valence-corrected chi connectivity index (χ1v) is 4.56. The van der Waals surface area contributed by atoms with Crippen molar-refractivity contribution in [2.75, 3.05) is 0 Å². The Bertz CT molecular complexity index is 482. The summed E-state index contributed by atoms with van der Waals surface area (Å²) >= 11 is 7.01. The molecular weight excluding hydrogens is 212 g/mol. The van der Waals surface area contributed by atoms with E-state index >= 15 is 0 Å². The van der Waals surface area contributed by atoms with Gasteiger partial charge in [0, 0.05) is 6.07 Å². The summed E-state index contributed by atoms with van der Waals surface area (Å²) in [5, 5.41) is 10.4. The van der Waals surface area contributed by atoms with E-state index in [1.807, 2.05) is 0 Å². The fraction of sp³-hybridized carbons (Fsp3) is 0. The van der Waals surface area contributed by atoms with Crippen LogP contribution in [-0.2, 0) is 0 Å². The van der Waals surface area contributed by atoms with Gasteiger partial charge in [-0.05, 0) is 6.07 Å². The minimum atomic E-state index is -0.472. The van der Waals surface area contributed by atoms with E-state index in [0.717, 1.165) is 4.70 Å². The minimum Gasteiger partial charge on any atom is -0.258 e. The van der Waals surface area contributed by atoms with Gasteiger partial charge in [-0.25, -0.2) is 4.98 Å². The molecule has 66 valence electrons. The molecule has 0 aliphatic heterocycles. The summed E-state index contributed by atoms with van der Waals surface area (Å²) in [7, 11) is 0. The van der Waals surface area contributed by atoms with E-state index in [1.165, 1.54) is 23.6 Å². The molecule has 0 N–H and O–H groups in total.